The van der Waals surface area contributed by atoms with Crippen LogP contribution in [-0.2, 0) is 11.2 Å². The number of methoxy groups -OCH3 is 2. The molecule has 0 saturated carbocycles. The molecular formula is C20H30IN3O4. The lowest BCUT2D eigenvalue weighted by Gasteiger charge is -2.17. The van der Waals surface area contributed by atoms with E-state index in [1.165, 1.54) is 0 Å². The number of nitrogens with zero attached hydrogens (tertiary/aromatic N) is 1. The summed E-state index contributed by atoms with van der Waals surface area (Å²) in [7, 11) is 3.30. The second-order valence-corrected chi connectivity index (χ2v) is 5.94. The number of nitrogens with one attached hydrogen (secondary N) is 2. The molecule has 8 heteroatoms. The van der Waals surface area contributed by atoms with Crippen molar-refractivity contribution in [3.63, 3.8) is 0 Å². The van der Waals surface area contributed by atoms with E-state index >= 15 is 0 Å². The zero-order valence-corrected chi connectivity index (χ0v) is 19.0. The van der Waals surface area contributed by atoms with Crippen LogP contribution in [0.2, 0.25) is 0 Å². The summed E-state index contributed by atoms with van der Waals surface area (Å²) < 4.78 is 21.7. The van der Waals surface area contributed by atoms with E-state index in [0.29, 0.717) is 43.7 Å². The summed E-state index contributed by atoms with van der Waals surface area (Å²) in [5, 5.41) is 6.55. The summed E-state index contributed by atoms with van der Waals surface area (Å²) in [6.07, 6.45) is 2.36. The number of guanidine groups is 1. The molecule has 1 unspecified atom stereocenters. The van der Waals surface area contributed by atoms with Gasteiger partial charge in [0.25, 0.3) is 0 Å². The Hall–Kier alpha value is -1.94. The quantitative estimate of drug-likeness (QED) is 0.213. The van der Waals surface area contributed by atoms with Crippen LogP contribution in [0.3, 0.4) is 0 Å². The minimum atomic E-state index is -0.104. The van der Waals surface area contributed by atoms with Crippen molar-refractivity contribution < 1.29 is 18.6 Å². The first-order valence-electron chi connectivity index (χ1n) is 9.06. The highest BCUT2D eigenvalue weighted by molar-refractivity contribution is 14.0. The summed E-state index contributed by atoms with van der Waals surface area (Å²) in [6, 6.07) is 11.4. The van der Waals surface area contributed by atoms with E-state index in [1.807, 2.05) is 43.3 Å². The van der Waals surface area contributed by atoms with Crippen LogP contribution < -0.4 is 20.1 Å². The van der Waals surface area contributed by atoms with Crippen molar-refractivity contribution in [2.45, 2.75) is 19.4 Å². The zero-order valence-electron chi connectivity index (χ0n) is 16.6. The molecule has 2 aromatic rings. The molecular weight excluding hydrogens is 473 g/mol. The molecule has 0 aliphatic heterocycles. The predicted octanol–water partition coefficient (Wildman–Crippen LogP) is 3.10. The lowest BCUT2D eigenvalue weighted by Crippen LogP contribution is -2.40. The number of furan rings is 1. The average molecular weight is 503 g/mol. The van der Waals surface area contributed by atoms with Crippen molar-refractivity contribution in [1.29, 1.82) is 0 Å². The largest absolute Gasteiger partial charge is 0.493 e. The SMILES string of the molecule is COCCNC(=NCC(C)Oc1ccccc1OC)NCCc1ccco1.I. The van der Waals surface area contributed by atoms with Crippen molar-refractivity contribution in [3.8, 4) is 11.5 Å². The van der Waals surface area contributed by atoms with Gasteiger partial charge in [-0.25, -0.2) is 4.99 Å². The second-order valence-electron chi connectivity index (χ2n) is 5.94. The molecule has 28 heavy (non-hydrogen) atoms. The van der Waals surface area contributed by atoms with Gasteiger partial charge in [0.2, 0.25) is 0 Å². The molecule has 2 rings (SSSR count). The Labute approximate surface area is 183 Å². The highest BCUT2D eigenvalue weighted by Crippen LogP contribution is 2.26. The van der Waals surface area contributed by atoms with Gasteiger partial charge in [-0.05, 0) is 31.2 Å². The lowest BCUT2D eigenvalue weighted by molar-refractivity contribution is 0.203. The summed E-state index contributed by atoms with van der Waals surface area (Å²) in [6.45, 7) is 4.47. The van der Waals surface area contributed by atoms with Crippen LogP contribution in [0, 0.1) is 0 Å². The number of benzene rings is 1. The Balaban J connectivity index is 0.00000392. The third-order valence-electron chi connectivity index (χ3n) is 3.75. The maximum atomic E-state index is 5.95. The van der Waals surface area contributed by atoms with E-state index in [9.17, 15) is 0 Å². The van der Waals surface area contributed by atoms with Crippen LogP contribution in [0.15, 0.2) is 52.1 Å². The molecule has 1 atom stereocenters. The normalized spacial score (nSPS) is 12.0. The first-order valence-corrected chi connectivity index (χ1v) is 9.06. The number of rotatable bonds is 11. The van der Waals surface area contributed by atoms with Crippen molar-refractivity contribution in [1.82, 2.24) is 10.6 Å². The Morgan fingerprint density at radius 3 is 2.50 bits per heavy atom. The van der Waals surface area contributed by atoms with Crippen LogP contribution in [0.25, 0.3) is 0 Å². The van der Waals surface area contributed by atoms with Crippen LogP contribution >= 0.6 is 24.0 Å². The molecule has 0 aliphatic carbocycles. The molecule has 0 fully saturated rings. The van der Waals surface area contributed by atoms with Crippen LogP contribution in [0.1, 0.15) is 12.7 Å². The van der Waals surface area contributed by atoms with E-state index in [4.69, 9.17) is 18.6 Å². The maximum absolute atomic E-state index is 5.95. The van der Waals surface area contributed by atoms with Gasteiger partial charge in [0.05, 0.1) is 26.5 Å². The molecule has 1 aromatic carbocycles. The van der Waals surface area contributed by atoms with Gasteiger partial charge in [0.15, 0.2) is 17.5 Å². The monoisotopic (exact) mass is 503 g/mol. The standard InChI is InChI=1S/C20H29N3O4.HI/c1-16(27-19-9-5-4-8-18(19)25-3)15-23-20(22-12-14-24-2)21-11-10-17-7-6-13-26-17;/h4-9,13,16H,10-12,14-15H2,1-3H3,(H2,21,22,23);1H. The smallest absolute Gasteiger partial charge is 0.191 e. The third kappa shape index (κ3) is 8.83. The van der Waals surface area contributed by atoms with Gasteiger partial charge >= 0.3 is 0 Å². The van der Waals surface area contributed by atoms with Crippen molar-refractivity contribution in [3.05, 3.63) is 48.4 Å². The first-order chi connectivity index (χ1) is 13.2. The van der Waals surface area contributed by atoms with Crippen molar-refractivity contribution in [2.75, 3.05) is 40.5 Å². The minimum Gasteiger partial charge on any atom is -0.493 e. The molecule has 156 valence electrons. The highest BCUT2D eigenvalue weighted by atomic mass is 127. The number of hydrogen-bond donors (Lipinski definition) is 2. The zero-order chi connectivity index (χ0) is 19.3. The second kappa shape index (κ2) is 14.1. The Bertz CT molecular complexity index is 680. The van der Waals surface area contributed by atoms with E-state index in [2.05, 4.69) is 15.6 Å². The van der Waals surface area contributed by atoms with E-state index in [-0.39, 0.29) is 30.1 Å². The van der Waals surface area contributed by atoms with Crippen LogP contribution in [0.5, 0.6) is 11.5 Å². The Morgan fingerprint density at radius 1 is 1.07 bits per heavy atom. The van der Waals surface area contributed by atoms with Crippen molar-refractivity contribution >= 4 is 29.9 Å². The van der Waals surface area contributed by atoms with Crippen LogP contribution in [-0.4, -0.2) is 52.5 Å². The molecule has 1 heterocycles. The third-order valence-corrected chi connectivity index (χ3v) is 3.75. The van der Waals surface area contributed by atoms with Crippen LogP contribution in [0.4, 0.5) is 0 Å². The molecule has 0 aliphatic rings. The fourth-order valence-corrected chi connectivity index (χ4v) is 2.39. The summed E-state index contributed by atoms with van der Waals surface area (Å²) >= 11 is 0. The topological polar surface area (TPSA) is 77.2 Å². The fourth-order valence-electron chi connectivity index (χ4n) is 2.39. The van der Waals surface area contributed by atoms with E-state index < -0.39 is 0 Å². The lowest BCUT2D eigenvalue weighted by atomic mass is 10.3. The van der Waals surface area contributed by atoms with Gasteiger partial charge in [-0.15, -0.1) is 24.0 Å². The molecule has 0 spiro atoms. The number of hydrogen-bond acceptors (Lipinski definition) is 5. The Morgan fingerprint density at radius 2 is 1.82 bits per heavy atom. The van der Waals surface area contributed by atoms with Gasteiger partial charge in [0.1, 0.15) is 11.9 Å². The van der Waals surface area contributed by atoms with Gasteiger partial charge in [-0.2, -0.15) is 0 Å². The van der Waals surface area contributed by atoms with Gasteiger partial charge in [-0.1, -0.05) is 12.1 Å². The first kappa shape index (κ1) is 24.1. The summed E-state index contributed by atoms with van der Waals surface area (Å²) in [5.41, 5.74) is 0. The molecule has 0 saturated heterocycles. The van der Waals surface area contributed by atoms with E-state index in [1.54, 1.807) is 20.5 Å². The molecule has 0 amide bonds. The average Bonchev–Trinajstić information content (AvgIpc) is 3.19. The highest BCUT2D eigenvalue weighted by Gasteiger charge is 2.09. The molecule has 0 bridgehead atoms. The molecule has 2 N–H and O–H groups in total. The number of aliphatic imine (C=N–C) groups is 1. The summed E-state index contributed by atoms with van der Waals surface area (Å²) in [5.74, 6) is 3.08. The summed E-state index contributed by atoms with van der Waals surface area (Å²) in [4.78, 5) is 4.61. The fraction of sp³-hybridized carbons (Fsp3) is 0.450. The van der Waals surface area contributed by atoms with Crippen molar-refractivity contribution in [2.24, 2.45) is 4.99 Å². The molecule has 1 aromatic heterocycles. The van der Waals surface area contributed by atoms with Gasteiger partial charge in [0, 0.05) is 26.6 Å². The predicted molar refractivity (Wildman–Crippen MR) is 121 cm³/mol. The maximum Gasteiger partial charge on any atom is 0.191 e. The number of halogens is 1. The molecule has 7 nitrogen and oxygen atoms in total. The number of ether oxygens (including phenoxy) is 3. The molecule has 0 radical (unpaired) electrons. The van der Waals surface area contributed by atoms with Gasteiger partial charge in [-0.3, -0.25) is 0 Å². The minimum absolute atomic E-state index is 0. The number of para-hydroxylation sites is 2. The van der Waals surface area contributed by atoms with E-state index in [0.717, 1.165) is 12.2 Å². The van der Waals surface area contributed by atoms with Gasteiger partial charge < -0.3 is 29.3 Å². The Kier molecular flexibility index (Phi) is 12.1.